The number of rotatable bonds is 0. The molecule has 1 N–H and O–H groups in total. The lowest BCUT2D eigenvalue weighted by molar-refractivity contribution is 1.03. The van der Waals surface area contributed by atoms with Crippen LogP contribution in [-0.4, -0.2) is 4.98 Å². The monoisotopic (exact) mass is 235 g/mol. The molecular weight excluding hydrogens is 222 g/mol. The summed E-state index contributed by atoms with van der Waals surface area (Å²) in [5, 5.41) is 1.92. The number of aromatic nitrogens is 1. The molecule has 2 aliphatic rings. The highest BCUT2D eigenvalue weighted by Gasteiger charge is 2.24. The van der Waals surface area contributed by atoms with Crippen molar-refractivity contribution in [2.24, 2.45) is 0 Å². The second-order valence-electron chi connectivity index (χ2n) is 4.97. The van der Waals surface area contributed by atoms with E-state index in [4.69, 9.17) is 0 Å². The van der Waals surface area contributed by atoms with Crippen molar-refractivity contribution in [3.63, 3.8) is 0 Å². The summed E-state index contributed by atoms with van der Waals surface area (Å²) in [4.78, 5) is 15.2. The molecule has 2 heteroatoms. The Labute approximate surface area is 105 Å². The molecule has 1 aromatic carbocycles. The zero-order valence-corrected chi connectivity index (χ0v) is 9.99. The summed E-state index contributed by atoms with van der Waals surface area (Å²) in [6.07, 6.45) is 7.52. The van der Waals surface area contributed by atoms with Gasteiger partial charge in [0.25, 0.3) is 5.56 Å². The van der Waals surface area contributed by atoms with Crippen molar-refractivity contribution >= 4 is 16.3 Å². The number of fused-ring (bicyclic) bond motifs is 4. The van der Waals surface area contributed by atoms with Crippen molar-refractivity contribution < 1.29 is 0 Å². The van der Waals surface area contributed by atoms with Crippen LogP contribution < -0.4 is 5.56 Å². The van der Waals surface area contributed by atoms with Gasteiger partial charge in [-0.15, -0.1) is 0 Å². The zero-order valence-electron chi connectivity index (χ0n) is 9.99. The van der Waals surface area contributed by atoms with E-state index in [0.717, 1.165) is 35.7 Å². The number of aromatic amines is 1. The number of hydrogen-bond acceptors (Lipinski definition) is 1. The number of pyridine rings is 1. The summed E-state index contributed by atoms with van der Waals surface area (Å²) in [6, 6.07) is 7.90. The third kappa shape index (κ3) is 1.20. The lowest BCUT2D eigenvalue weighted by Crippen LogP contribution is -2.10. The van der Waals surface area contributed by atoms with Crippen molar-refractivity contribution in [3.8, 4) is 0 Å². The van der Waals surface area contributed by atoms with Gasteiger partial charge in [0.2, 0.25) is 0 Å². The molecule has 0 atom stereocenters. The number of hydrogen-bond donors (Lipinski definition) is 1. The standard InChI is InChI=1S/C16H13NO/c18-16-13-8-4-3-7-12(13)14-9-10-5-1-2-6-11(10)15(14)17-16/h1,3-5,7-8H,2,6,9H2,(H,17,18). The lowest BCUT2D eigenvalue weighted by atomic mass is 9.99. The second kappa shape index (κ2) is 3.45. The van der Waals surface area contributed by atoms with E-state index >= 15 is 0 Å². The first-order valence-electron chi connectivity index (χ1n) is 6.37. The minimum absolute atomic E-state index is 0.0349. The predicted octanol–water partition coefficient (Wildman–Crippen LogP) is 3.19. The number of benzene rings is 1. The molecule has 2 aromatic rings. The molecule has 0 saturated heterocycles. The minimum atomic E-state index is 0.0349. The average molecular weight is 235 g/mol. The van der Waals surface area contributed by atoms with E-state index in [0.29, 0.717) is 0 Å². The average Bonchev–Trinajstić information content (AvgIpc) is 2.78. The predicted molar refractivity (Wildman–Crippen MR) is 73.6 cm³/mol. The number of nitrogens with one attached hydrogen (secondary N) is 1. The van der Waals surface area contributed by atoms with E-state index in [1.54, 1.807) is 0 Å². The Morgan fingerprint density at radius 2 is 1.94 bits per heavy atom. The van der Waals surface area contributed by atoms with E-state index in [2.05, 4.69) is 23.2 Å². The van der Waals surface area contributed by atoms with Crippen molar-refractivity contribution in [2.45, 2.75) is 19.3 Å². The van der Waals surface area contributed by atoms with Gasteiger partial charge >= 0.3 is 0 Å². The second-order valence-corrected chi connectivity index (χ2v) is 4.97. The van der Waals surface area contributed by atoms with Gasteiger partial charge in [0.15, 0.2) is 0 Å². The fourth-order valence-electron chi connectivity index (χ4n) is 3.13. The molecule has 0 bridgehead atoms. The first-order chi connectivity index (χ1) is 8.84. The highest BCUT2D eigenvalue weighted by Crippen LogP contribution is 2.39. The van der Waals surface area contributed by atoms with Crippen LogP contribution in [0.1, 0.15) is 24.1 Å². The highest BCUT2D eigenvalue weighted by atomic mass is 16.1. The summed E-state index contributed by atoms with van der Waals surface area (Å²) in [5.41, 5.74) is 5.13. The van der Waals surface area contributed by atoms with Gasteiger partial charge in [-0.05, 0) is 41.0 Å². The van der Waals surface area contributed by atoms with Crippen LogP contribution in [0.4, 0.5) is 0 Å². The first kappa shape index (κ1) is 9.89. The minimum Gasteiger partial charge on any atom is -0.321 e. The Morgan fingerprint density at radius 3 is 2.83 bits per heavy atom. The molecule has 0 amide bonds. The summed E-state index contributed by atoms with van der Waals surface area (Å²) < 4.78 is 0. The van der Waals surface area contributed by atoms with Crippen LogP contribution >= 0.6 is 0 Å². The molecule has 0 spiro atoms. The van der Waals surface area contributed by atoms with Crippen LogP contribution in [-0.2, 0) is 6.42 Å². The molecule has 0 saturated carbocycles. The largest absolute Gasteiger partial charge is 0.321 e. The van der Waals surface area contributed by atoms with Crippen LogP contribution in [0.15, 0.2) is 46.8 Å². The van der Waals surface area contributed by atoms with E-state index in [-0.39, 0.29) is 5.56 Å². The molecule has 0 fully saturated rings. The van der Waals surface area contributed by atoms with Gasteiger partial charge in [-0.1, -0.05) is 30.4 Å². The zero-order chi connectivity index (χ0) is 12.1. The van der Waals surface area contributed by atoms with Crippen LogP contribution in [0.2, 0.25) is 0 Å². The quantitative estimate of drug-likeness (QED) is 0.747. The Bertz CT molecular complexity index is 777. The SMILES string of the molecule is O=c1[nH]c2c(c3ccccc13)CC1=C2CCC=C1. The Morgan fingerprint density at radius 1 is 1.11 bits per heavy atom. The Hall–Kier alpha value is -2.09. The van der Waals surface area contributed by atoms with Crippen LogP contribution in [0, 0.1) is 0 Å². The van der Waals surface area contributed by atoms with Gasteiger partial charge in [-0.3, -0.25) is 4.79 Å². The fraction of sp³-hybridized carbons (Fsp3) is 0.188. The molecular formula is C16H13NO. The van der Waals surface area contributed by atoms with Crippen molar-refractivity contribution in [1.29, 1.82) is 0 Å². The summed E-state index contributed by atoms with van der Waals surface area (Å²) >= 11 is 0. The van der Waals surface area contributed by atoms with Gasteiger partial charge in [-0.25, -0.2) is 0 Å². The molecule has 2 nitrogen and oxygen atoms in total. The topological polar surface area (TPSA) is 32.9 Å². The van der Waals surface area contributed by atoms with Crippen molar-refractivity contribution in [1.82, 2.24) is 4.98 Å². The fourth-order valence-corrected chi connectivity index (χ4v) is 3.13. The molecule has 18 heavy (non-hydrogen) atoms. The molecule has 4 rings (SSSR count). The lowest BCUT2D eigenvalue weighted by Gasteiger charge is -2.09. The normalized spacial score (nSPS) is 17.1. The van der Waals surface area contributed by atoms with Crippen LogP contribution in [0.3, 0.4) is 0 Å². The van der Waals surface area contributed by atoms with Crippen molar-refractivity contribution in [2.75, 3.05) is 0 Å². The summed E-state index contributed by atoms with van der Waals surface area (Å²) in [7, 11) is 0. The summed E-state index contributed by atoms with van der Waals surface area (Å²) in [6.45, 7) is 0. The molecule has 88 valence electrons. The maximum Gasteiger partial charge on any atom is 0.256 e. The number of allylic oxidation sites excluding steroid dienone is 4. The molecule has 0 unspecified atom stereocenters. The summed E-state index contributed by atoms with van der Waals surface area (Å²) in [5.74, 6) is 0. The van der Waals surface area contributed by atoms with Crippen molar-refractivity contribution in [3.05, 3.63) is 63.6 Å². The molecule has 0 radical (unpaired) electrons. The number of H-pyrrole nitrogens is 1. The van der Waals surface area contributed by atoms with Gasteiger partial charge in [0.1, 0.15) is 0 Å². The van der Waals surface area contributed by atoms with Gasteiger partial charge in [-0.2, -0.15) is 0 Å². The Kier molecular flexibility index (Phi) is 1.90. The van der Waals surface area contributed by atoms with E-state index in [1.807, 2.05) is 18.2 Å². The smallest absolute Gasteiger partial charge is 0.256 e. The van der Waals surface area contributed by atoms with Gasteiger partial charge in [0.05, 0.1) is 0 Å². The van der Waals surface area contributed by atoms with Crippen LogP contribution in [0.25, 0.3) is 16.3 Å². The van der Waals surface area contributed by atoms with E-state index in [1.165, 1.54) is 16.7 Å². The van der Waals surface area contributed by atoms with E-state index < -0.39 is 0 Å². The van der Waals surface area contributed by atoms with E-state index in [9.17, 15) is 4.79 Å². The molecule has 2 aliphatic carbocycles. The maximum absolute atomic E-state index is 12.1. The van der Waals surface area contributed by atoms with Gasteiger partial charge in [0, 0.05) is 17.5 Å². The Balaban J connectivity index is 2.09. The molecule has 1 heterocycles. The molecule has 0 aliphatic heterocycles. The van der Waals surface area contributed by atoms with Crippen LogP contribution in [0.5, 0.6) is 0 Å². The first-order valence-corrected chi connectivity index (χ1v) is 6.37. The molecule has 1 aromatic heterocycles. The van der Waals surface area contributed by atoms with Gasteiger partial charge < -0.3 is 4.98 Å². The maximum atomic E-state index is 12.1. The third-order valence-corrected chi connectivity index (χ3v) is 3.97. The third-order valence-electron chi connectivity index (χ3n) is 3.97. The highest BCUT2D eigenvalue weighted by molar-refractivity contribution is 5.92.